The van der Waals surface area contributed by atoms with Gasteiger partial charge < -0.3 is 11.1 Å². The summed E-state index contributed by atoms with van der Waals surface area (Å²) in [5.74, 6) is 0.210. The smallest absolute Gasteiger partial charge is 0.257 e. The lowest BCUT2D eigenvalue weighted by molar-refractivity contribution is 0.0951. The molecular weight excluding hydrogens is 366 g/mol. The number of nitrogens with zero attached hydrogens (tertiary/aromatic N) is 5. The fourth-order valence-corrected chi connectivity index (χ4v) is 2.95. The number of rotatable bonds is 5. The summed E-state index contributed by atoms with van der Waals surface area (Å²) in [6, 6.07) is 11.2. The molecule has 3 N–H and O–H groups in total. The van der Waals surface area contributed by atoms with Gasteiger partial charge >= 0.3 is 0 Å². The number of nitrogen functional groups attached to an aromatic ring is 1. The van der Waals surface area contributed by atoms with Crippen LogP contribution in [0.15, 0.2) is 53.9 Å². The Bertz CT molecular complexity index is 1210. The maximum Gasteiger partial charge on any atom is 0.257 e. The maximum absolute atomic E-state index is 12.9. The molecule has 0 saturated heterocycles. The number of aromatic nitrogens is 4. The number of nitrogens with one attached hydrogen (secondary N) is 1. The molecule has 146 valence electrons. The van der Waals surface area contributed by atoms with Gasteiger partial charge in [-0.05, 0) is 24.1 Å². The standard InChI is InChI=1S/C21H21N7O/c1-13(2)10-24-21(29)17-18-20(27-16-8-4-3-7-15(16)26-18)28(19(17)22)25-12-14-6-5-9-23-11-14/h3-9,11-13H,10,22H2,1-2H3,(H,24,29). The number of benzene rings is 1. The van der Waals surface area contributed by atoms with Crippen molar-refractivity contribution in [3.05, 3.63) is 59.9 Å². The number of para-hydroxylation sites is 2. The minimum absolute atomic E-state index is 0.191. The first kappa shape index (κ1) is 18.5. The van der Waals surface area contributed by atoms with E-state index in [1.165, 1.54) is 4.68 Å². The Morgan fingerprint density at radius 1 is 1.21 bits per heavy atom. The Hall–Kier alpha value is -3.81. The SMILES string of the molecule is CC(C)CNC(=O)c1c(N)n(N=Cc2cccnc2)c2nc3ccccc3nc12. The van der Waals surface area contributed by atoms with Crippen molar-refractivity contribution in [1.82, 2.24) is 24.9 Å². The van der Waals surface area contributed by atoms with E-state index in [2.05, 4.69) is 25.4 Å². The lowest BCUT2D eigenvalue weighted by Crippen LogP contribution is -2.28. The van der Waals surface area contributed by atoms with Crippen molar-refractivity contribution in [3.63, 3.8) is 0 Å². The highest BCUT2D eigenvalue weighted by Crippen LogP contribution is 2.27. The highest BCUT2D eigenvalue weighted by Gasteiger charge is 2.24. The molecule has 0 atom stereocenters. The molecule has 3 heterocycles. The van der Waals surface area contributed by atoms with Crippen molar-refractivity contribution in [2.75, 3.05) is 12.3 Å². The molecular formula is C21H21N7O. The van der Waals surface area contributed by atoms with Gasteiger partial charge in [0.05, 0.1) is 17.2 Å². The van der Waals surface area contributed by atoms with E-state index < -0.39 is 0 Å². The number of nitrogens with two attached hydrogens (primary N) is 1. The number of carbonyl (C=O) groups excluding carboxylic acids is 1. The molecule has 1 aromatic carbocycles. The third-order valence-electron chi connectivity index (χ3n) is 4.38. The molecule has 0 aliphatic heterocycles. The topological polar surface area (TPSA) is 111 Å². The third-order valence-corrected chi connectivity index (χ3v) is 4.38. The molecule has 0 fully saturated rings. The third kappa shape index (κ3) is 3.64. The molecule has 4 rings (SSSR count). The van der Waals surface area contributed by atoms with Crippen LogP contribution in [0.1, 0.15) is 29.8 Å². The van der Waals surface area contributed by atoms with Crippen molar-refractivity contribution < 1.29 is 4.79 Å². The molecule has 4 aromatic rings. The van der Waals surface area contributed by atoms with E-state index in [1.807, 2.05) is 50.2 Å². The molecule has 0 aliphatic carbocycles. The van der Waals surface area contributed by atoms with Gasteiger partial charge in [0.15, 0.2) is 5.65 Å². The Morgan fingerprint density at radius 3 is 2.66 bits per heavy atom. The van der Waals surface area contributed by atoms with Crippen LogP contribution < -0.4 is 11.1 Å². The fraction of sp³-hybridized carbons (Fsp3) is 0.190. The van der Waals surface area contributed by atoms with Gasteiger partial charge in [-0.3, -0.25) is 9.78 Å². The van der Waals surface area contributed by atoms with E-state index >= 15 is 0 Å². The van der Waals surface area contributed by atoms with Gasteiger partial charge in [-0.15, -0.1) is 0 Å². The molecule has 8 nitrogen and oxygen atoms in total. The molecule has 29 heavy (non-hydrogen) atoms. The van der Waals surface area contributed by atoms with Crippen molar-refractivity contribution in [1.29, 1.82) is 0 Å². The summed E-state index contributed by atoms with van der Waals surface area (Å²) in [5, 5.41) is 7.36. The first-order valence-corrected chi connectivity index (χ1v) is 9.34. The van der Waals surface area contributed by atoms with Crippen molar-refractivity contribution in [2.24, 2.45) is 11.0 Å². The molecule has 3 aromatic heterocycles. The summed E-state index contributed by atoms with van der Waals surface area (Å²) in [4.78, 5) is 26.3. The second kappa shape index (κ2) is 7.67. The first-order chi connectivity index (χ1) is 14.0. The zero-order valence-corrected chi connectivity index (χ0v) is 16.2. The summed E-state index contributed by atoms with van der Waals surface area (Å²) in [7, 11) is 0. The van der Waals surface area contributed by atoms with Crippen LogP contribution in [0.5, 0.6) is 0 Å². The summed E-state index contributed by atoms with van der Waals surface area (Å²) in [6.45, 7) is 4.59. The summed E-state index contributed by atoms with van der Waals surface area (Å²) in [5.41, 5.74) is 9.66. The summed E-state index contributed by atoms with van der Waals surface area (Å²) >= 11 is 0. The molecule has 1 amide bonds. The predicted molar refractivity (Wildman–Crippen MR) is 114 cm³/mol. The van der Waals surface area contributed by atoms with Crippen LogP contribution in [0.2, 0.25) is 0 Å². The molecule has 0 spiro atoms. The van der Waals surface area contributed by atoms with Crippen LogP contribution in [-0.2, 0) is 0 Å². The zero-order valence-electron chi connectivity index (χ0n) is 16.2. The number of hydrogen-bond acceptors (Lipinski definition) is 6. The molecule has 0 radical (unpaired) electrons. The lowest BCUT2D eigenvalue weighted by Gasteiger charge is -2.07. The summed E-state index contributed by atoms with van der Waals surface area (Å²) < 4.78 is 1.45. The van der Waals surface area contributed by atoms with E-state index in [1.54, 1.807) is 18.6 Å². The van der Waals surface area contributed by atoms with E-state index in [0.717, 1.165) is 5.56 Å². The second-order valence-corrected chi connectivity index (χ2v) is 7.09. The van der Waals surface area contributed by atoms with Crippen LogP contribution in [-0.4, -0.2) is 38.3 Å². The minimum atomic E-state index is -0.291. The monoisotopic (exact) mass is 387 g/mol. The molecule has 0 bridgehead atoms. The van der Waals surface area contributed by atoms with Crippen molar-refractivity contribution in [2.45, 2.75) is 13.8 Å². The largest absolute Gasteiger partial charge is 0.383 e. The number of amides is 1. The van der Waals surface area contributed by atoms with Crippen LogP contribution in [0, 0.1) is 5.92 Å². The number of carbonyl (C=O) groups is 1. The van der Waals surface area contributed by atoms with Crippen LogP contribution in [0.25, 0.3) is 22.2 Å². The lowest BCUT2D eigenvalue weighted by atomic mass is 10.2. The predicted octanol–water partition coefficient (Wildman–Crippen LogP) is 2.83. The van der Waals surface area contributed by atoms with Gasteiger partial charge in [-0.25, -0.2) is 9.97 Å². The minimum Gasteiger partial charge on any atom is -0.383 e. The number of hydrogen-bond donors (Lipinski definition) is 2. The van der Waals surface area contributed by atoms with Gasteiger partial charge in [0.1, 0.15) is 16.9 Å². The Balaban J connectivity index is 1.89. The van der Waals surface area contributed by atoms with Gasteiger partial charge in [-0.1, -0.05) is 32.0 Å². The number of anilines is 1. The Kier molecular flexibility index (Phi) is 4.90. The average Bonchev–Trinajstić information content (AvgIpc) is 2.99. The Labute approximate surface area is 167 Å². The molecule has 0 saturated carbocycles. The van der Waals surface area contributed by atoms with Crippen molar-refractivity contribution >= 4 is 40.1 Å². The van der Waals surface area contributed by atoms with Gasteiger partial charge in [0.25, 0.3) is 5.91 Å². The molecule has 0 unspecified atom stereocenters. The highest BCUT2D eigenvalue weighted by molar-refractivity contribution is 6.10. The van der Waals surface area contributed by atoms with Crippen LogP contribution >= 0.6 is 0 Å². The average molecular weight is 387 g/mol. The second-order valence-electron chi connectivity index (χ2n) is 7.09. The maximum atomic E-state index is 12.9. The van der Waals surface area contributed by atoms with Gasteiger partial charge in [0, 0.05) is 24.5 Å². The van der Waals surface area contributed by atoms with Crippen LogP contribution in [0.4, 0.5) is 5.82 Å². The van der Waals surface area contributed by atoms with Crippen molar-refractivity contribution in [3.8, 4) is 0 Å². The van der Waals surface area contributed by atoms with E-state index in [9.17, 15) is 4.79 Å². The van der Waals surface area contributed by atoms with E-state index in [-0.39, 0.29) is 17.3 Å². The Morgan fingerprint density at radius 2 is 1.97 bits per heavy atom. The van der Waals surface area contributed by atoms with Crippen LogP contribution in [0.3, 0.4) is 0 Å². The number of fused-ring (bicyclic) bond motifs is 2. The summed E-state index contributed by atoms with van der Waals surface area (Å²) in [6.07, 6.45) is 4.99. The molecule has 0 aliphatic rings. The zero-order chi connectivity index (χ0) is 20.4. The molecule has 8 heteroatoms. The van der Waals surface area contributed by atoms with Gasteiger partial charge in [0.2, 0.25) is 0 Å². The van der Waals surface area contributed by atoms with Gasteiger partial charge in [-0.2, -0.15) is 9.78 Å². The highest BCUT2D eigenvalue weighted by atomic mass is 16.1. The quantitative estimate of drug-likeness (QED) is 0.512. The number of pyridine rings is 1. The normalized spacial score (nSPS) is 11.7. The van der Waals surface area contributed by atoms with E-state index in [0.29, 0.717) is 34.7 Å². The fourth-order valence-electron chi connectivity index (χ4n) is 2.95. The first-order valence-electron chi connectivity index (χ1n) is 9.34. The van der Waals surface area contributed by atoms with E-state index in [4.69, 9.17) is 5.73 Å².